The molecular formula is C23H33N5O7. The number of nitrogens with one attached hydrogen (secondary N) is 3. The van der Waals surface area contributed by atoms with Crippen LogP contribution in [0.1, 0.15) is 46.0 Å². The maximum absolute atomic E-state index is 12.5. The maximum Gasteiger partial charge on any atom is 0.345 e. The van der Waals surface area contributed by atoms with Crippen molar-refractivity contribution in [1.29, 1.82) is 0 Å². The molecule has 1 aliphatic rings. The van der Waals surface area contributed by atoms with Crippen LogP contribution in [0.15, 0.2) is 29.2 Å². The molecule has 1 aromatic heterocycles. The molecule has 1 aromatic carbocycles. The third kappa shape index (κ3) is 8.18. The van der Waals surface area contributed by atoms with E-state index < -0.39 is 28.5 Å². The van der Waals surface area contributed by atoms with Gasteiger partial charge in [-0.3, -0.25) is 4.79 Å². The lowest BCUT2D eigenvalue weighted by molar-refractivity contribution is -0.771. The first-order valence-corrected chi connectivity index (χ1v) is 11.7. The topological polar surface area (TPSA) is 169 Å². The van der Waals surface area contributed by atoms with E-state index in [9.17, 15) is 24.8 Å². The highest BCUT2D eigenvalue weighted by molar-refractivity contribution is 5.83. The number of hydrogen-bond acceptors (Lipinski definition) is 9. The van der Waals surface area contributed by atoms with E-state index in [2.05, 4.69) is 20.6 Å². The minimum Gasteiger partial charge on any atom is -0.490 e. The molecule has 35 heavy (non-hydrogen) atoms. The zero-order valence-corrected chi connectivity index (χ0v) is 20.0. The number of H-pyrrole nitrogens is 1. The van der Waals surface area contributed by atoms with Gasteiger partial charge in [0.25, 0.3) is 5.09 Å². The summed E-state index contributed by atoms with van der Waals surface area (Å²) in [5, 5.41) is 27.0. The lowest BCUT2D eigenvalue weighted by Crippen LogP contribution is -2.52. The Bertz CT molecular complexity index is 1070. The molecule has 3 atom stereocenters. The molecule has 0 spiro atoms. The summed E-state index contributed by atoms with van der Waals surface area (Å²) in [5.74, 6) is 0.139. The number of aliphatic hydroxyl groups excluding tert-OH is 1. The van der Waals surface area contributed by atoms with E-state index in [1.54, 1.807) is 18.2 Å². The monoisotopic (exact) mass is 491 g/mol. The minimum atomic E-state index is -0.821. The molecule has 192 valence electrons. The van der Waals surface area contributed by atoms with Crippen molar-refractivity contribution < 1.29 is 24.6 Å². The normalized spacial score (nSPS) is 19.2. The van der Waals surface area contributed by atoms with Gasteiger partial charge in [-0.1, -0.05) is 18.9 Å². The number of carbonyl (C=O) groups excluding carboxylic acids is 1. The smallest absolute Gasteiger partial charge is 0.345 e. The molecule has 0 bridgehead atoms. The molecule has 12 nitrogen and oxygen atoms in total. The van der Waals surface area contributed by atoms with E-state index in [0.717, 1.165) is 19.3 Å². The first-order chi connectivity index (χ1) is 16.6. The first-order valence-electron chi connectivity index (χ1n) is 11.7. The molecule has 2 aromatic rings. The number of benzene rings is 1. The average molecular weight is 492 g/mol. The van der Waals surface area contributed by atoms with Gasteiger partial charge in [-0.15, -0.1) is 10.1 Å². The van der Waals surface area contributed by atoms with Crippen LogP contribution in [-0.2, 0) is 9.63 Å². The lowest BCUT2D eigenvalue weighted by Gasteiger charge is -2.31. The van der Waals surface area contributed by atoms with Gasteiger partial charge in [-0.2, -0.15) is 0 Å². The van der Waals surface area contributed by atoms with E-state index in [0.29, 0.717) is 29.6 Å². The number of hydrogen-bond donors (Lipinski definition) is 4. The van der Waals surface area contributed by atoms with Crippen LogP contribution in [0.4, 0.5) is 0 Å². The zero-order valence-electron chi connectivity index (χ0n) is 20.0. The second-order valence-electron chi connectivity index (χ2n) is 9.53. The van der Waals surface area contributed by atoms with Crippen molar-refractivity contribution in [2.24, 2.45) is 5.92 Å². The van der Waals surface area contributed by atoms with Crippen LogP contribution in [0.25, 0.3) is 10.9 Å². The molecule has 0 radical (unpaired) electrons. The number of aliphatic hydroxyl groups is 1. The number of aromatic amines is 1. The molecule has 12 heteroatoms. The van der Waals surface area contributed by atoms with Gasteiger partial charge >= 0.3 is 5.69 Å². The van der Waals surface area contributed by atoms with Crippen LogP contribution < -0.4 is 21.1 Å². The number of amides is 1. The summed E-state index contributed by atoms with van der Waals surface area (Å²) >= 11 is 0. The summed E-state index contributed by atoms with van der Waals surface area (Å²) in [6, 6.07) is 5.21. The van der Waals surface area contributed by atoms with Crippen molar-refractivity contribution >= 4 is 16.8 Å². The number of carbonyl (C=O) groups is 1. The predicted octanol–water partition coefficient (Wildman–Crippen LogP) is 1.30. The number of fused-ring (bicyclic) bond motifs is 1. The molecule has 1 fully saturated rings. The second kappa shape index (κ2) is 11.9. The largest absolute Gasteiger partial charge is 0.490 e. The van der Waals surface area contributed by atoms with Crippen LogP contribution in [0.3, 0.4) is 0 Å². The van der Waals surface area contributed by atoms with Crippen molar-refractivity contribution in [2.75, 3.05) is 19.7 Å². The van der Waals surface area contributed by atoms with Crippen LogP contribution in [0.5, 0.6) is 5.75 Å². The Balaban J connectivity index is 1.41. The Morgan fingerprint density at radius 1 is 1.37 bits per heavy atom. The van der Waals surface area contributed by atoms with Gasteiger partial charge in [0.1, 0.15) is 24.6 Å². The highest BCUT2D eigenvalue weighted by Crippen LogP contribution is 2.29. The maximum atomic E-state index is 12.5. The minimum absolute atomic E-state index is 0.0210. The molecule has 0 saturated heterocycles. The molecule has 4 N–H and O–H groups in total. The predicted molar refractivity (Wildman–Crippen MR) is 127 cm³/mol. The van der Waals surface area contributed by atoms with E-state index in [4.69, 9.17) is 9.57 Å². The van der Waals surface area contributed by atoms with Crippen molar-refractivity contribution in [2.45, 2.75) is 63.7 Å². The Morgan fingerprint density at radius 3 is 2.91 bits per heavy atom. The van der Waals surface area contributed by atoms with Gasteiger partial charge in [-0.05, 0) is 44.7 Å². The number of ether oxygens (including phenoxy) is 1. The molecule has 1 saturated carbocycles. The quantitative estimate of drug-likeness (QED) is 0.252. The van der Waals surface area contributed by atoms with Crippen LogP contribution in [0.2, 0.25) is 0 Å². The van der Waals surface area contributed by atoms with E-state index in [1.165, 1.54) is 6.20 Å². The molecule has 3 unspecified atom stereocenters. The fraction of sp³-hybridized carbons (Fsp3) is 0.609. The Morgan fingerprint density at radius 2 is 2.14 bits per heavy atom. The third-order valence-electron chi connectivity index (χ3n) is 6.10. The van der Waals surface area contributed by atoms with Gasteiger partial charge in [0.2, 0.25) is 5.91 Å². The van der Waals surface area contributed by atoms with Gasteiger partial charge in [0.05, 0.1) is 10.9 Å². The zero-order chi connectivity index (χ0) is 25.4. The van der Waals surface area contributed by atoms with Gasteiger partial charge in [0.15, 0.2) is 0 Å². The van der Waals surface area contributed by atoms with Gasteiger partial charge in [0, 0.05) is 31.2 Å². The SMILES string of the molecule is CC(C)(CNC(=O)CC1CCCCC1O[N+](=O)[O-])NCC(O)COc1cccc2[nH]c(=O)ncc12. The summed E-state index contributed by atoms with van der Waals surface area (Å²) in [4.78, 5) is 45.7. The molecule has 1 heterocycles. The summed E-state index contributed by atoms with van der Waals surface area (Å²) < 4.78 is 5.72. The van der Waals surface area contributed by atoms with Crippen molar-refractivity contribution in [3.63, 3.8) is 0 Å². The number of β-amino-alcohol motifs (C(OH)–C–C–N with tert-alkyl or cyclic N) is 1. The first kappa shape index (κ1) is 26.4. The second-order valence-corrected chi connectivity index (χ2v) is 9.53. The highest BCUT2D eigenvalue weighted by atomic mass is 17.0. The molecule has 3 rings (SSSR count). The van der Waals surface area contributed by atoms with Gasteiger partial charge in [-0.25, -0.2) is 9.78 Å². The standard InChI is InChI=1S/C23H33N5O7/c1-23(2,14-25-21(30)10-15-6-3-4-8-19(15)35-28(32)33)26-11-16(29)13-34-20-9-5-7-18-17(20)12-24-22(31)27-18/h5,7,9,12,15-16,19,26,29H,3-4,6,8,10-11,13-14H2,1-2H3,(H,25,30)(H,24,27,31). The van der Waals surface area contributed by atoms with Crippen molar-refractivity contribution in [3.8, 4) is 5.75 Å². The van der Waals surface area contributed by atoms with E-state index >= 15 is 0 Å². The third-order valence-corrected chi connectivity index (χ3v) is 6.10. The van der Waals surface area contributed by atoms with E-state index in [-0.39, 0.29) is 31.4 Å². The van der Waals surface area contributed by atoms with Crippen LogP contribution in [-0.4, -0.2) is 63.5 Å². The fourth-order valence-electron chi connectivity index (χ4n) is 4.17. The number of aromatic nitrogens is 2. The van der Waals surface area contributed by atoms with Crippen molar-refractivity contribution in [1.82, 2.24) is 20.6 Å². The molecular weight excluding hydrogens is 458 g/mol. The van der Waals surface area contributed by atoms with Crippen molar-refractivity contribution in [3.05, 3.63) is 45.0 Å². The van der Waals surface area contributed by atoms with Gasteiger partial charge < -0.3 is 30.3 Å². The van der Waals surface area contributed by atoms with Crippen LogP contribution in [0, 0.1) is 16.0 Å². The molecule has 1 amide bonds. The van der Waals surface area contributed by atoms with E-state index in [1.807, 2.05) is 13.8 Å². The lowest BCUT2D eigenvalue weighted by atomic mass is 9.84. The summed E-state index contributed by atoms with van der Waals surface area (Å²) in [6.07, 6.45) is 3.34. The molecule has 1 aliphatic carbocycles. The molecule has 0 aliphatic heterocycles. The highest BCUT2D eigenvalue weighted by Gasteiger charge is 2.30. The Labute approximate surface area is 202 Å². The fourth-order valence-corrected chi connectivity index (χ4v) is 4.17. The summed E-state index contributed by atoms with van der Waals surface area (Å²) in [5.41, 5.74) is -0.365. The Hall–Kier alpha value is -3.25. The summed E-state index contributed by atoms with van der Waals surface area (Å²) in [7, 11) is 0. The summed E-state index contributed by atoms with van der Waals surface area (Å²) in [6.45, 7) is 4.35. The van der Waals surface area contributed by atoms with Crippen LogP contribution >= 0.6 is 0 Å². The Kier molecular flexibility index (Phi) is 8.99. The number of rotatable bonds is 12. The average Bonchev–Trinajstić information content (AvgIpc) is 2.81. The number of nitrogens with zero attached hydrogens (tertiary/aromatic N) is 2.